The molecule has 1 unspecified atom stereocenters. The Morgan fingerprint density at radius 1 is 1.50 bits per heavy atom. The highest BCUT2D eigenvalue weighted by atomic mass is 16.5. The van der Waals surface area contributed by atoms with Gasteiger partial charge in [0.1, 0.15) is 6.04 Å². The van der Waals surface area contributed by atoms with Gasteiger partial charge in [-0.05, 0) is 27.7 Å². The van der Waals surface area contributed by atoms with Gasteiger partial charge in [-0.15, -0.1) is 0 Å². The van der Waals surface area contributed by atoms with E-state index in [-0.39, 0.29) is 17.5 Å². The van der Waals surface area contributed by atoms with Crippen molar-refractivity contribution < 1.29 is 9.53 Å². The zero-order chi connectivity index (χ0) is 15.2. The van der Waals surface area contributed by atoms with Crippen LogP contribution in [0.1, 0.15) is 39.4 Å². The van der Waals surface area contributed by atoms with Crippen molar-refractivity contribution >= 4 is 5.91 Å². The summed E-state index contributed by atoms with van der Waals surface area (Å²) >= 11 is 0. The zero-order valence-corrected chi connectivity index (χ0v) is 13.1. The smallest absolute Gasteiger partial charge is 0.243 e. The van der Waals surface area contributed by atoms with E-state index in [0.29, 0.717) is 13.2 Å². The first-order chi connectivity index (χ1) is 9.35. The number of carbonyl (C=O) groups is 1. The van der Waals surface area contributed by atoms with Gasteiger partial charge in [0.2, 0.25) is 5.91 Å². The topological polar surface area (TPSA) is 68.2 Å². The van der Waals surface area contributed by atoms with Crippen LogP contribution in [0.3, 0.4) is 0 Å². The number of hydrogen-bond acceptors (Lipinski definition) is 4. The SMILES string of the molecule is COCCNCc1cncn1C(C)C(=O)NC(C)(C)C. The largest absolute Gasteiger partial charge is 0.383 e. The lowest BCUT2D eigenvalue weighted by Gasteiger charge is -2.24. The molecular weight excluding hydrogens is 256 g/mol. The Hall–Kier alpha value is -1.40. The molecule has 1 rings (SSSR count). The molecule has 0 aliphatic heterocycles. The van der Waals surface area contributed by atoms with Gasteiger partial charge in [-0.3, -0.25) is 4.79 Å². The van der Waals surface area contributed by atoms with Crippen molar-refractivity contribution in [1.82, 2.24) is 20.2 Å². The van der Waals surface area contributed by atoms with Gasteiger partial charge in [-0.1, -0.05) is 0 Å². The number of amides is 1. The van der Waals surface area contributed by atoms with Crippen molar-refractivity contribution in [3.63, 3.8) is 0 Å². The summed E-state index contributed by atoms with van der Waals surface area (Å²) in [5, 5.41) is 6.24. The summed E-state index contributed by atoms with van der Waals surface area (Å²) in [5.74, 6) is -0.00589. The standard InChI is InChI=1S/C14H26N4O2/c1-11(13(19)17-14(2,3)4)18-10-16-9-12(18)8-15-6-7-20-5/h9-11,15H,6-8H2,1-5H3,(H,17,19). The first-order valence-corrected chi connectivity index (χ1v) is 6.87. The van der Waals surface area contributed by atoms with E-state index in [1.165, 1.54) is 0 Å². The van der Waals surface area contributed by atoms with E-state index in [0.717, 1.165) is 12.2 Å². The average Bonchev–Trinajstić information content (AvgIpc) is 2.79. The van der Waals surface area contributed by atoms with Gasteiger partial charge in [0, 0.05) is 31.9 Å². The minimum Gasteiger partial charge on any atom is -0.383 e. The molecule has 0 radical (unpaired) electrons. The van der Waals surface area contributed by atoms with Crippen LogP contribution in [0.5, 0.6) is 0 Å². The van der Waals surface area contributed by atoms with E-state index in [2.05, 4.69) is 15.6 Å². The molecule has 20 heavy (non-hydrogen) atoms. The summed E-state index contributed by atoms with van der Waals surface area (Å²) in [6, 6.07) is -0.282. The summed E-state index contributed by atoms with van der Waals surface area (Å²) in [5.41, 5.74) is 0.751. The van der Waals surface area contributed by atoms with E-state index in [4.69, 9.17) is 4.74 Å². The van der Waals surface area contributed by atoms with Gasteiger partial charge in [-0.25, -0.2) is 4.98 Å². The number of rotatable bonds is 7. The van der Waals surface area contributed by atoms with Crippen LogP contribution in [-0.4, -0.2) is 41.3 Å². The molecule has 0 saturated carbocycles. The second-order valence-corrected chi connectivity index (χ2v) is 5.88. The molecule has 1 heterocycles. The molecule has 6 heteroatoms. The molecule has 1 aromatic rings. The fourth-order valence-corrected chi connectivity index (χ4v) is 1.81. The quantitative estimate of drug-likeness (QED) is 0.735. The Morgan fingerprint density at radius 2 is 2.20 bits per heavy atom. The van der Waals surface area contributed by atoms with Gasteiger partial charge < -0.3 is 19.9 Å². The lowest BCUT2D eigenvalue weighted by Crippen LogP contribution is -2.44. The van der Waals surface area contributed by atoms with Crippen LogP contribution >= 0.6 is 0 Å². The molecule has 0 aliphatic carbocycles. The fraction of sp³-hybridized carbons (Fsp3) is 0.714. The minimum absolute atomic E-state index is 0.00589. The number of imidazole rings is 1. The van der Waals surface area contributed by atoms with Gasteiger partial charge in [0.05, 0.1) is 18.6 Å². The van der Waals surface area contributed by atoms with Crippen LogP contribution in [0.4, 0.5) is 0 Å². The van der Waals surface area contributed by atoms with Crippen molar-refractivity contribution in [3.8, 4) is 0 Å². The number of methoxy groups -OCH3 is 1. The fourth-order valence-electron chi connectivity index (χ4n) is 1.81. The second kappa shape index (κ2) is 7.40. The van der Waals surface area contributed by atoms with Gasteiger partial charge >= 0.3 is 0 Å². The monoisotopic (exact) mass is 282 g/mol. The van der Waals surface area contributed by atoms with Crippen LogP contribution in [-0.2, 0) is 16.1 Å². The van der Waals surface area contributed by atoms with Gasteiger partial charge in [0.25, 0.3) is 0 Å². The molecule has 0 bridgehead atoms. The maximum atomic E-state index is 12.2. The van der Waals surface area contributed by atoms with E-state index in [1.54, 1.807) is 19.6 Å². The maximum absolute atomic E-state index is 12.2. The molecule has 0 aromatic carbocycles. The number of nitrogens with one attached hydrogen (secondary N) is 2. The second-order valence-electron chi connectivity index (χ2n) is 5.88. The molecule has 1 amide bonds. The van der Waals surface area contributed by atoms with Crippen molar-refractivity contribution in [3.05, 3.63) is 18.2 Å². The van der Waals surface area contributed by atoms with E-state index in [9.17, 15) is 4.79 Å². The maximum Gasteiger partial charge on any atom is 0.243 e. The van der Waals surface area contributed by atoms with E-state index < -0.39 is 0 Å². The highest BCUT2D eigenvalue weighted by Gasteiger charge is 2.21. The minimum atomic E-state index is -0.282. The molecule has 2 N–H and O–H groups in total. The van der Waals surface area contributed by atoms with Gasteiger partial charge in [-0.2, -0.15) is 0 Å². The molecule has 0 saturated heterocycles. The molecular formula is C14H26N4O2. The van der Waals surface area contributed by atoms with E-state index in [1.807, 2.05) is 32.3 Å². The summed E-state index contributed by atoms with van der Waals surface area (Å²) in [6.45, 7) is 9.88. The first-order valence-electron chi connectivity index (χ1n) is 6.87. The lowest BCUT2D eigenvalue weighted by atomic mass is 10.1. The summed E-state index contributed by atoms with van der Waals surface area (Å²) < 4.78 is 6.87. The molecule has 1 atom stereocenters. The Balaban J connectivity index is 2.62. The van der Waals surface area contributed by atoms with Crippen molar-refractivity contribution in [2.24, 2.45) is 0 Å². The third-order valence-electron chi connectivity index (χ3n) is 2.83. The third kappa shape index (κ3) is 5.30. The van der Waals surface area contributed by atoms with Crippen LogP contribution in [0, 0.1) is 0 Å². The highest BCUT2D eigenvalue weighted by molar-refractivity contribution is 5.80. The van der Waals surface area contributed by atoms with Crippen LogP contribution in [0.15, 0.2) is 12.5 Å². The first kappa shape index (κ1) is 16.7. The Labute approximate surface area is 120 Å². The highest BCUT2D eigenvalue weighted by Crippen LogP contribution is 2.12. The number of hydrogen-bond donors (Lipinski definition) is 2. The van der Waals surface area contributed by atoms with E-state index >= 15 is 0 Å². The number of aromatic nitrogens is 2. The van der Waals surface area contributed by atoms with Crippen LogP contribution < -0.4 is 10.6 Å². The van der Waals surface area contributed by atoms with Crippen LogP contribution in [0.2, 0.25) is 0 Å². The third-order valence-corrected chi connectivity index (χ3v) is 2.83. The Kier molecular flexibility index (Phi) is 6.16. The molecule has 6 nitrogen and oxygen atoms in total. The van der Waals surface area contributed by atoms with Crippen molar-refractivity contribution in [2.45, 2.75) is 45.8 Å². The molecule has 0 aliphatic rings. The predicted molar refractivity (Wildman–Crippen MR) is 78.4 cm³/mol. The molecule has 0 spiro atoms. The van der Waals surface area contributed by atoms with Gasteiger partial charge in [0.15, 0.2) is 0 Å². The summed E-state index contributed by atoms with van der Waals surface area (Å²) in [6.07, 6.45) is 3.47. The van der Waals surface area contributed by atoms with Crippen LogP contribution in [0.25, 0.3) is 0 Å². The number of carbonyl (C=O) groups excluding carboxylic acids is 1. The summed E-state index contributed by atoms with van der Waals surface area (Å²) in [4.78, 5) is 16.3. The number of ether oxygens (including phenoxy) is 1. The molecule has 114 valence electrons. The Morgan fingerprint density at radius 3 is 2.80 bits per heavy atom. The Bertz CT molecular complexity index is 423. The molecule has 0 fully saturated rings. The average molecular weight is 282 g/mol. The normalized spacial score (nSPS) is 13.2. The lowest BCUT2D eigenvalue weighted by molar-refractivity contribution is -0.125. The van der Waals surface area contributed by atoms with Crippen molar-refractivity contribution in [1.29, 1.82) is 0 Å². The van der Waals surface area contributed by atoms with Crippen molar-refractivity contribution in [2.75, 3.05) is 20.3 Å². The molecule has 1 aromatic heterocycles. The predicted octanol–water partition coefficient (Wildman–Crippen LogP) is 1.09. The number of nitrogens with zero attached hydrogens (tertiary/aromatic N) is 2. The summed E-state index contributed by atoms with van der Waals surface area (Å²) in [7, 11) is 1.67. The zero-order valence-electron chi connectivity index (χ0n) is 13.1.